The van der Waals surface area contributed by atoms with Crippen molar-refractivity contribution in [3.63, 3.8) is 0 Å². The zero-order valence-corrected chi connectivity index (χ0v) is 11.5. The number of benzene rings is 1. The molecule has 1 fully saturated rings. The number of halogens is 2. The van der Waals surface area contributed by atoms with E-state index in [-0.39, 0.29) is 17.8 Å². The van der Waals surface area contributed by atoms with Gasteiger partial charge in [-0.05, 0) is 19.1 Å². The van der Waals surface area contributed by atoms with E-state index in [9.17, 15) is 9.18 Å². The molecule has 1 aromatic rings. The van der Waals surface area contributed by atoms with Gasteiger partial charge in [0.25, 0.3) is 0 Å². The van der Waals surface area contributed by atoms with Crippen molar-refractivity contribution in [2.24, 2.45) is 0 Å². The zero-order valence-electron chi connectivity index (χ0n) is 9.96. The molecule has 2 unspecified atom stereocenters. The fourth-order valence-electron chi connectivity index (χ4n) is 2.49. The summed E-state index contributed by atoms with van der Waals surface area (Å²) in [5, 5.41) is 2.85. The second kappa shape index (κ2) is 3.60. The summed E-state index contributed by atoms with van der Waals surface area (Å²) < 4.78 is 20.3. The molecule has 1 saturated heterocycles. The monoisotopic (exact) mass is 314 g/mol. The van der Waals surface area contributed by atoms with Crippen molar-refractivity contribution in [3.8, 4) is 5.75 Å². The lowest BCUT2D eigenvalue weighted by Gasteiger charge is -2.49. The van der Waals surface area contributed by atoms with Crippen molar-refractivity contribution in [1.29, 1.82) is 0 Å². The van der Waals surface area contributed by atoms with E-state index < -0.39 is 11.5 Å². The predicted molar refractivity (Wildman–Crippen MR) is 66.8 cm³/mol. The topological polar surface area (TPSA) is 41.6 Å². The van der Waals surface area contributed by atoms with Gasteiger partial charge in [0.2, 0.25) is 0 Å². The van der Waals surface area contributed by atoms with Crippen LogP contribution in [0.3, 0.4) is 0 Å². The smallest absolute Gasteiger partial charge is 0.320 e. The van der Waals surface area contributed by atoms with Crippen LogP contribution in [0.2, 0.25) is 0 Å². The molecule has 2 atom stereocenters. The number of urea groups is 1. The Hall–Kier alpha value is -1.30. The second-order valence-electron chi connectivity index (χ2n) is 4.85. The van der Waals surface area contributed by atoms with Gasteiger partial charge in [0.05, 0.1) is 6.04 Å². The van der Waals surface area contributed by atoms with Crippen LogP contribution in [0, 0.1) is 5.82 Å². The number of amides is 2. The van der Waals surface area contributed by atoms with Gasteiger partial charge in [-0.2, -0.15) is 0 Å². The Morgan fingerprint density at radius 3 is 3.06 bits per heavy atom. The lowest BCUT2D eigenvalue weighted by molar-refractivity contribution is -0.0743. The van der Waals surface area contributed by atoms with Gasteiger partial charge in [0.1, 0.15) is 0 Å². The van der Waals surface area contributed by atoms with Gasteiger partial charge in [-0.25, -0.2) is 9.18 Å². The van der Waals surface area contributed by atoms with E-state index in [0.717, 1.165) is 0 Å². The molecule has 1 N–H and O–H groups in total. The van der Waals surface area contributed by atoms with Crippen LogP contribution < -0.4 is 10.1 Å². The lowest BCUT2D eigenvalue weighted by Crippen LogP contribution is -2.63. The summed E-state index contributed by atoms with van der Waals surface area (Å²) in [6.07, 6.45) is 0.595. The Morgan fingerprint density at radius 2 is 2.33 bits per heavy atom. The highest BCUT2D eigenvalue weighted by Crippen LogP contribution is 2.45. The average molecular weight is 315 g/mol. The maximum absolute atomic E-state index is 13.9. The van der Waals surface area contributed by atoms with E-state index in [2.05, 4.69) is 21.2 Å². The van der Waals surface area contributed by atoms with Gasteiger partial charge in [-0.3, -0.25) is 4.90 Å². The summed E-state index contributed by atoms with van der Waals surface area (Å²) in [7, 11) is 1.65. The molecule has 18 heavy (non-hydrogen) atoms. The molecule has 96 valence electrons. The van der Waals surface area contributed by atoms with Crippen LogP contribution in [0.5, 0.6) is 5.75 Å². The Kier molecular flexibility index (Phi) is 2.35. The third kappa shape index (κ3) is 1.51. The van der Waals surface area contributed by atoms with E-state index in [4.69, 9.17) is 4.74 Å². The molecular formula is C12H12BrFN2O2. The van der Waals surface area contributed by atoms with Crippen molar-refractivity contribution >= 4 is 22.0 Å². The van der Waals surface area contributed by atoms with Crippen molar-refractivity contribution in [2.75, 3.05) is 7.05 Å². The van der Waals surface area contributed by atoms with E-state index >= 15 is 0 Å². The first-order valence-electron chi connectivity index (χ1n) is 5.63. The van der Waals surface area contributed by atoms with Crippen LogP contribution >= 0.6 is 15.9 Å². The molecule has 3 rings (SSSR count). The first-order chi connectivity index (χ1) is 8.40. The summed E-state index contributed by atoms with van der Waals surface area (Å²) in [4.78, 5) is 13.3. The number of ether oxygens (including phenoxy) is 1. The van der Waals surface area contributed by atoms with Crippen LogP contribution in [0.15, 0.2) is 16.6 Å². The first kappa shape index (κ1) is 11.8. The van der Waals surface area contributed by atoms with Gasteiger partial charge in [0.15, 0.2) is 17.3 Å². The molecule has 2 amide bonds. The summed E-state index contributed by atoms with van der Waals surface area (Å²) >= 11 is 3.25. The lowest BCUT2D eigenvalue weighted by atomic mass is 9.91. The highest BCUT2D eigenvalue weighted by Gasteiger charge is 2.48. The Labute approximate surface area is 112 Å². The molecule has 2 aliphatic rings. The number of hydrogen-bond donors (Lipinski definition) is 1. The van der Waals surface area contributed by atoms with Crippen molar-refractivity contribution in [1.82, 2.24) is 10.2 Å². The van der Waals surface area contributed by atoms with E-state index in [0.29, 0.717) is 16.5 Å². The Balaban J connectivity index is 2.17. The van der Waals surface area contributed by atoms with E-state index in [1.165, 1.54) is 11.0 Å². The molecule has 0 aliphatic carbocycles. The number of fused-ring (bicyclic) bond motifs is 4. The Morgan fingerprint density at radius 1 is 1.61 bits per heavy atom. The maximum Gasteiger partial charge on any atom is 0.320 e. The molecule has 2 heterocycles. The minimum atomic E-state index is -0.797. The fourth-order valence-corrected chi connectivity index (χ4v) is 2.94. The number of nitrogens with one attached hydrogen (secondary N) is 1. The molecule has 4 nitrogen and oxygen atoms in total. The molecule has 0 radical (unpaired) electrons. The third-order valence-electron chi connectivity index (χ3n) is 3.63. The number of carbonyl (C=O) groups is 1. The van der Waals surface area contributed by atoms with Crippen LogP contribution in [-0.4, -0.2) is 23.7 Å². The van der Waals surface area contributed by atoms with Crippen LogP contribution in [-0.2, 0) is 0 Å². The van der Waals surface area contributed by atoms with Crippen molar-refractivity contribution in [2.45, 2.75) is 25.1 Å². The van der Waals surface area contributed by atoms with E-state index in [1.54, 1.807) is 20.0 Å². The zero-order chi connectivity index (χ0) is 13.1. The molecule has 6 heteroatoms. The standard InChI is InChI=1S/C12H12BrFN2O2/c1-12-5-9(15-11(17)16(12)2)7-3-6(13)4-8(14)10(7)18-12/h3-4,9H,5H2,1-2H3,(H,15,17). The van der Waals surface area contributed by atoms with Gasteiger partial charge in [-0.15, -0.1) is 0 Å². The van der Waals surface area contributed by atoms with E-state index in [1.807, 2.05) is 0 Å². The molecule has 1 aromatic carbocycles. The van der Waals surface area contributed by atoms with Gasteiger partial charge in [0, 0.05) is 23.5 Å². The van der Waals surface area contributed by atoms with Crippen molar-refractivity contribution < 1.29 is 13.9 Å². The average Bonchev–Trinajstić information content (AvgIpc) is 2.28. The number of carbonyl (C=O) groups excluding carboxylic acids is 1. The molecule has 2 bridgehead atoms. The van der Waals surface area contributed by atoms with Gasteiger partial charge < -0.3 is 10.1 Å². The number of hydrogen-bond acceptors (Lipinski definition) is 2. The minimum Gasteiger partial charge on any atom is -0.465 e. The van der Waals surface area contributed by atoms with Gasteiger partial charge >= 0.3 is 6.03 Å². The Bertz CT molecular complexity index is 551. The molecule has 0 aromatic heterocycles. The summed E-state index contributed by atoms with van der Waals surface area (Å²) in [5.74, 6) is -0.191. The minimum absolute atomic E-state index is 0.209. The fraction of sp³-hybridized carbons (Fsp3) is 0.417. The largest absolute Gasteiger partial charge is 0.465 e. The predicted octanol–water partition coefficient (Wildman–Crippen LogP) is 2.78. The van der Waals surface area contributed by atoms with Crippen molar-refractivity contribution in [3.05, 3.63) is 28.0 Å². The first-order valence-corrected chi connectivity index (χ1v) is 6.42. The van der Waals surface area contributed by atoms with Crippen LogP contribution in [0.25, 0.3) is 0 Å². The summed E-state index contributed by atoms with van der Waals surface area (Å²) in [6.45, 7) is 1.79. The SMILES string of the molecule is CN1C(=O)NC2CC1(C)Oc1c(F)cc(Br)cc12. The van der Waals surface area contributed by atoms with Crippen LogP contribution in [0.4, 0.5) is 9.18 Å². The normalized spacial score (nSPS) is 29.4. The molecule has 2 aliphatic heterocycles. The quantitative estimate of drug-likeness (QED) is 0.800. The number of rotatable bonds is 0. The highest BCUT2D eigenvalue weighted by molar-refractivity contribution is 9.10. The van der Waals surface area contributed by atoms with Gasteiger partial charge in [-0.1, -0.05) is 15.9 Å². The summed E-state index contributed by atoms with van der Waals surface area (Å²) in [6, 6.07) is 2.73. The third-order valence-corrected chi connectivity index (χ3v) is 4.09. The molecule has 0 saturated carbocycles. The highest BCUT2D eigenvalue weighted by atomic mass is 79.9. The molecular weight excluding hydrogens is 303 g/mol. The van der Waals surface area contributed by atoms with Crippen LogP contribution in [0.1, 0.15) is 24.9 Å². The maximum atomic E-state index is 13.9. The second-order valence-corrected chi connectivity index (χ2v) is 5.76. The number of nitrogens with zero attached hydrogens (tertiary/aromatic N) is 1. The summed E-state index contributed by atoms with van der Waals surface area (Å²) in [5.41, 5.74) is -0.116. The molecule has 0 spiro atoms.